The Balaban J connectivity index is 1.88. The minimum atomic E-state index is 0.0798. The van der Waals surface area contributed by atoms with Gasteiger partial charge in [-0.25, -0.2) is 0 Å². The fourth-order valence-corrected chi connectivity index (χ4v) is 3.83. The van der Waals surface area contributed by atoms with Crippen LogP contribution in [0.5, 0.6) is 0 Å². The predicted octanol–water partition coefficient (Wildman–Crippen LogP) is 3.16. The van der Waals surface area contributed by atoms with E-state index in [1.54, 1.807) is 0 Å². The van der Waals surface area contributed by atoms with E-state index >= 15 is 0 Å². The van der Waals surface area contributed by atoms with Crippen molar-refractivity contribution in [2.75, 3.05) is 18.4 Å². The first kappa shape index (κ1) is 13.6. The highest BCUT2D eigenvalue weighted by molar-refractivity contribution is 6.03. The molecule has 1 aliphatic carbocycles. The minimum Gasteiger partial charge on any atom is -0.325 e. The summed E-state index contributed by atoms with van der Waals surface area (Å²) in [6, 6.07) is 6.83. The summed E-state index contributed by atoms with van der Waals surface area (Å²) in [6.45, 7) is 6.75. The monoisotopic (exact) mass is 272 g/mol. The van der Waals surface area contributed by atoms with Crippen LogP contribution in [0, 0.1) is 0 Å². The predicted molar refractivity (Wildman–Crippen MR) is 82.1 cm³/mol. The third-order valence-electron chi connectivity index (χ3n) is 4.62. The van der Waals surface area contributed by atoms with Gasteiger partial charge in [-0.05, 0) is 56.0 Å². The second-order valence-corrected chi connectivity index (χ2v) is 6.05. The Bertz CT molecular complexity index is 506. The highest BCUT2D eigenvalue weighted by Crippen LogP contribution is 2.43. The van der Waals surface area contributed by atoms with Crippen molar-refractivity contribution in [1.82, 2.24) is 4.90 Å². The molecule has 0 radical (unpaired) electrons. The van der Waals surface area contributed by atoms with Gasteiger partial charge in [-0.15, -0.1) is 0 Å². The number of carbonyl (C=O) groups excluding carboxylic acids is 1. The molecule has 0 fully saturated rings. The second kappa shape index (κ2) is 5.57. The van der Waals surface area contributed by atoms with E-state index in [1.165, 1.54) is 24.0 Å². The molecule has 2 atom stereocenters. The van der Waals surface area contributed by atoms with Gasteiger partial charge in [-0.1, -0.05) is 26.0 Å². The van der Waals surface area contributed by atoms with E-state index in [0.717, 1.165) is 31.6 Å². The van der Waals surface area contributed by atoms with Crippen LogP contribution >= 0.6 is 0 Å². The van der Waals surface area contributed by atoms with E-state index in [-0.39, 0.29) is 11.8 Å². The van der Waals surface area contributed by atoms with Gasteiger partial charge in [0, 0.05) is 11.7 Å². The quantitative estimate of drug-likeness (QED) is 0.893. The van der Waals surface area contributed by atoms with Crippen molar-refractivity contribution in [3.8, 4) is 0 Å². The number of amides is 1. The van der Waals surface area contributed by atoms with E-state index in [1.807, 2.05) is 6.07 Å². The highest BCUT2D eigenvalue weighted by Gasteiger charge is 2.39. The molecule has 2 unspecified atom stereocenters. The number of carbonyl (C=O) groups is 1. The summed E-state index contributed by atoms with van der Waals surface area (Å²) in [7, 11) is 0. The second-order valence-electron chi connectivity index (χ2n) is 6.05. The van der Waals surface area contributed by atoms with Crippen molar-refractivity contribution in [3.05, 3.63) is 29.3 Å². The molecule has 3 nitrogen and oxygen atoms in total. The first-order valence-corrected chi connectivity index (χ1v) is 7.91. The summed E-state index contributed by atoms with van der Waals surface area (Å²) in [4.78, 5) is 14.8. The Morgan fingerprint density at radius 3 is 2.70 bits per heavy atom. The zero-order chi connectivity index (χ0) is 14.1. The zero-order valence-corrected chi connectivity index (χ0v) is 12.5. The van der Waals surface area contributed by atoms with Gasteiger partial charge in [0.05, 0.1) is 5.92 Å². The van der Waals surface area contributed by atoms with E-state index in [9.17, 15) is 4.79 Å². The van der Waals surface area contributed by atoms with Crippen molar-refractivity contribution >= 4 is 11.6 Å². The van der Waals surface area contributed by atoms with Crippen LogP contribution in [0.2, 0.25) is 0 Å². The number of rotatable bonds is 5. The molecule has 20 heavy (non-hydrogen) atoms. The maximum Gasteiger partial charge on any atom is 0.232 e. The summed E-state index contributed by atoms with van der Waals surface area (Å²) >= 11 is 0. The van der Waals surface area contributed by atoms with Crippen molar-refractivity contribution < 1.29 is 4.79 Å². The average molecular weight is 272 g/mol. The van der Waals surface area contributed by atoms with Gasteiger partial charge in [0.25, 0.3) is 0 Å². The van der Waals surface area contributed by atoms with Gasteiger partial charge in [0.2, 0.25) is 5.91 Å². The standard InChI is InChI=1S/C17H24N2O/c1-3-8-19(9-4-2)13-10-12-6-5-7-15-16(12)14(11-13)17(20)18-15/h5-7,13-14H,3-4,8-11H2,1-2H3,(H,18,20). The largest absolute Gasteiger partial charge is 0.325 e. The van der Waals surface area contributed by atoms with Gasteiger partial charge < -0.3 is 10.2 Å². The Kier molecular flexibility index (Phi) is 3.79. The molecule has 108 valence electrons. The molecule has 2 aliphatic rings. The Morgan fingerprint density at radius 1 is 1.25 bits per heavy atom. The van der Waals surface area contributed by atoms with Crippen LogP contribution in [0.25, 0.3) is 0 Å². The molecule has 1 N–H and O–H groups in total. The topological polar surface area (TPSA) is 32.3 Å². The summed E-state index contributed by atoms with van der Waals surface area (Å²) in [5.41, 5.74) is 3.70. The van der Waals surface area contributed by atoms with Gasteiger partial charge in [0.15, 0.2) is 0 Å². The maximum absolute atomic E-state index is 12.2. The molecule has 1 aromatic carbocycles. The lowest BCUT2D eigenvalue weighted by Gasteiger charge is -2.36. The highest BCUT2D eigenvalue weighted by atomic mass is 16.2. The molecule has 0 bridgehead atoms. The molecule has 1 heterocycles. The number of nitrogens with one attached hydrogen (secondary N) is 1. The molecule has 0 saturated carbocycles. The molecular weight excluding hydrogens is 248 g/mol. The third kappa shape index (κ3) is 2.24. The molecule has 1 aliphatic heterocycles. The third-order valence-corrected chi connectivity index (χ3v) is 4.62. The first-order chi connectivity index (χ1) is 9.74. The van der Waals surface area contributed by atoms with Crippen LogP contribution in [-0.4, -0.2) is 29.9 Å². The van der Waals surface area contributed by atoms with Crippen molar-refractivity contribution in [1.29, 1.82) is 0 Å². The van der Waals surface area contributed by atoms with Gasteiger partial charge in [-0.3, -0.25) is 4.79 Å². The van der Waals surface area contributed by atoms with Crippen molar-refractivity contribution in [3.63, 3.8) is 0 Å². The zero-order valence-electron chi connectivity index (χ0n) is 12.5. The van der Waals surface area contributed by atoms with Crippen LogP contribution in [0.15, 0.2) is 18.2 Å². The number of nitrogens with zero attached hydrogens (tertiary/aromatic N) is 1. The SMILES string of the molecule is CCCN(CCC)C1Cc2cccc3c2C(C1)C(=O)N3. The summed E-state index contributed by atoms with van der Waals surface area (Å²) in [6.07, 6.45) is 4.44. The van der Waals surface area contributed by atoms with Crippen LogP contribution in [0.3, 0.4) is 0 Å². The lowest BCUT2D eigenvalue weighted by Crippen LogP contribution is -2.41. The van der Waals surface area contributed by atoms with Crippen LogP contribution in [0.1, 0.15) is 50.2 Å². The molecule has 3 rings (SSSR count). The van der Waals surface area contributed by atoms with Crippen LogP contribution in [0.4, 0.5) is 5.69 Å². The average Bonchev–Trinajstić information content (AvgIpc) is 2.77. The molecular formula is C17H24N2O. The normalized spacial score (nSPS) is 23.9. The van der Waals surface area contributed by atoms with Crippen molar-refractivity contribution in [2.24, 2.45) is 0 Å². The fourth-order valence-electron chi connectivity index (χ4n) is 3.83. The minimum absolute atomic E-state index is 0.0798. The fraction of sp³-hybridized carbons (Fsp3) is 0.588. The van der Waals surface area contributed by atoms with Gasteiger partial charge >= 0.3 is 0 Å². The summed E-state index contributed by atoms with van der Waals surface area (Å²) < 4.78 is 0. The summed E-state index contributed by atoms with van der Waals surface area (Å²) in [5.74, 6) is 0.279. The Hall–Kier alpha value is -1.35. The Morgan fingerprint density at radius 2 is 2.00 bits per heavy atom. The van der Waals surface area contributed by atoms with Gasteiger partial charge in [0.1, 0.15) is 0 Å². The first-order valence-electron chi connectivity index (χ1n) is 7.91. The van der Waals surface area contributed by atoms with E-state index in [2.05, 4.69) is 36.2 Å². The molecule has 0 saturated heterocycles. The number of anilines is 1. The Labute approximate surface area is 121 Å². The number of benzene rings is 1. The van der Waals surface area contributed by atoms with E-state index in [0.29, 0.717) is 6.04 Å². The molecule has 3 heteroatoms. The lowest BCUT2D eigenvalue weighted by atomic mass is 9.80. The van der Waals surface area contributed by atoms with Crippen LogP contribution in [-0.2, 0) is 11.2 Å². The molecule has 1 amide bonds. The van der Waals surface area contributed by atoms with Crippen LogP contribution < -0.4 is 5.32 Å². The van der Waals surface area contributed by atoms with E-state index < -0.39 is 0 Å². The molecule has 0 spiro atoms. The summed E-state index contributed by atoms with van der Waals surface area (Å²) in [5, 5.41) is 3.05. The van der Waals surface area contributed by atoms with Gasteiger partial charge in [-0.2, -0.15) is 0 Å². The molecule has 1 aromatic rings. The number of hydrogen-bond acceptors (Lipinski definition) is 2. The smallest absolute Gasteiger partial charge is 0.232 e. The maximum atomic E-state index is 12.2. The number of hydrogen-bond donors (Lipinski definition) is 1. The van der Waals surface area contributed by atoms with Crippen molar-refractivity contribution in [2.45, 2.75) is 51.5 Å². The lowest BCUT2D eigenvalue weighted by molar-refractivity contribution is -0.117. The van der Waals surface area contributed by atoms with E-state index in [4.69, 9.17) is 0 Å². The molecule has 0 aromatic heterocycles.